The van der Waals surface area contributed by atoms with Gasteiger partial charge in [0.15, 0.2) is 0 Å². The van der Waals surface area contributed by atoms with Gasteiger partial charge in [0, 0.05) is 78.6 Å². The summed E-state index contributed by atoms with van der Waals surface area (Å²) in [6, 6.07) is 28.8. The quantitative estimate of drug-likeness (QED) is 0.139. The predicted molar refractivity (Wildman–Crippen MR) is 171 cm³/mol. The molecule has 0 bridgehead atoms. The molecule has 0 spiro atoms. The normalized spacial score (nSPS) is 10.4. The fourth-order valence-electron chi connectivity index (χ4n) is 4.83. The zero-order valence-electron chi connectivity index (χ0n) is 25.3. The number of aryl methyl sites for hydroxylation is 1. The van der Waals surface area contributed by atoms with Crippen LogP contribution in [0.5, 0.6) is 0 Å². The van der Waals surface area contributed by atoms with Crippen LogP contribution in [0.15, 0.2) is 110 Å². The number of halogens is 4. The van der Waals surface area contributed by atoms with Gasteiger partial charge in [-0.05, 0) is 42.1 Å². The van der Waals surface area contributed by atoms with E-state index in [1.54, 1.807) is 61.1 Å². The van der Waals surface area contributed by atoms with E-state index in [1.165, 1.54) is 0 Å². The Morgan fingerprint density at radius 2 is 1.27 bits per heavy atom. The molecule has 7 aromatic rings. The number of hydrogen-bond donors (Lipinski definition) is 1. The molecule has 0 aliphatic rings. The van der Waals surface area contributed by atoms with Gasteiger partial charge in [0.05, 0.1) is 11.7 Å². The van der Waals surface area contributed by atoms with Crippen LogP contribution < -0.4 is 0 Å². The van der Waals surface area contributed by atoms with Crippen molar-refractivity contribution >= 4 is 27.8 Å². The number of carbonyl (C=O) groups is 1. The van der Waals surface area contributed by atoms with Crippen molar-refractivity contribution in [1.29, 1.82) is 0 Å². The van der Waals surface area contributed by atoms with Crippen LogP contribution in [0, 0.1) is 35.4 Å². The van der Waals surface area contributed by atoms with E-state index in [0.29, 0.717) is 11.4 Å². The van der Waals surface area contributed by atoms with Crippen molar-refractivity contribution in [2.24, 2.45) is 0 Å². The van der Waals surface area contributed by atoms with Crippen LogP contribution in [0.1, 0.15) is 23.8 Å². The molecule has 11 heteroatoms. The summed E-state index contributed by atoms with van der Waals surface area (Å²) in [5, 5.41) is 11.1. The number of benzene rings is 3. The van der Waals surface area contributed by atoms with Gasteiger partial charge in [0.2, 0.25) is 0 Å². The van der Waals surface area contributed by atoms with E-state index >= 15 is 0 Å². The van der Waals surface area contributed by atoms with E-state index in [4.69, 9.17) is 5.11 Å². The number of hydrogen-bond acceptors (Lipinski definition) is 4. The van der Waals surface area contributed by atoms with Crippen molar-refractivity contribution in [2.45, 2.75) is 19.9 Å². The average Bonchev–Trinajstić information content (AvgIpc) is 3.39. The Morgan fingerprint density at radius 1 is 0.729 bits per heavy atom. The number of para-hydroxylation sites is 1. The Bertz CT molecular complexity index is 2060. The molecule has 0 aliphatic carbocycles. The van der Waals surface area contributed by atoms with Crippen molar-refractivity contribution in [3.05, 3.63) is 151 Å². The minimum absolute atomic E-state index is 0. The number of carboxylic acids is 1. The Kier molecular flexibility index (Phi) is 12.3. The number of fused-ring (bicyclic) bond motifs is 3. The summed E-state index contributed by atoms with van der Waals surface area (Å²) < 4.78 is 53.8. The van der Waals surface area contributed by atoms with Crippen LogP contribution in [0.4, 0.5) is 17.6 Å². The van der Waals surface area contributed by atoms with Gasteiger partial charge < -0.3 is 19.6 Å². The molecule has 245 valence electrons. The SMILES string of the molecule is CCCn1c2ccccc2c2cc(C(=O)O)ncc21.Fc1c[c-]c(-c2ccccn2)c(F)c1.Fc1c[c-]c(-c2ccccn2)c(F)c1.[Ir]. The molecule has 48 heavy (non-hydrogen) atoms. The minimum atomic E-state index is -0.991. The first-order chi connectivity index (χ1) is 22.8. The Morgan fingerprint density at radius 3 is 1.75 bits per heavy atom. The fraction of sp³-hybridized carbons (Fsp3) is 0.0811. The van der Waals surface area contributed by atoms with E-state index < -0.39 is 29.2 Å². The smallest absolute Gasteiger partial charge is 0.354 e. The average molecular weight is 827 g/mol. The third-order valence-electron chi connectivity index (χ3n) is 6.88. The van der Waals surface area contributed by atoms with Crippen LogP contribution in [-0.2, 0) is 26.7 Å². The molecule has 0 atom stereocenters. The Balaban J connectivity index is 0.000000164. The van der Waals surface area contributed by atoms with Gasteiger partial charge in [-0.2, -0.15) is 0 Å². The van der Waals surface area contributed by atoms with Gasteiger partial charge >= 0.3 is 5.97 Å². The summed E-state index contributed by atoms with van der Waals surface area (Å²) in [5.74, 6) is -3.56. The van der Waals surface area contributed by atoms with Crippen molar-refractivity contribution in [3.8, 4) is 22.5 Å². The summed E-state index contributed by atoms with van der Waals surface area (Å²) in [6.07, 6.45) is 5.78. The molecular formula is C37H26F4IrN4O2-2. The monoisotopic (exact) mass is 827 g/mol. The summed E-state index contributed by atoms with van der Waals surface area (Å²) in [6.45, 7) is 3.03. The van der Waals surface area contributed by atoms with Gasteiger partial charge in [0.1, 0.15) is 5.69 Å². The summed E-state index contributed by atoms with van der Waals surface area (Å²) in [7, 11) is 0. The third-order valence-corrected chi connectivity index (χ3v) is 6.88. The second-order valence-corrected chi connectivity index (χ2v) is 10.1. The molecular weight excluding hydrogens is 801 g/mol. The number of carboxylic acid groups (broad SMARTS) is 1. The molecule has 0 saturated heterocycles. The number of nitrogens with zero attached hydrogens (tertiary/aromatic N) is 4. The molecule has 0 saturated carbocycles. The van der Waals surface area contributed by atoms with Crippen molar-refractivity contribution in [2.75, 3.05) is 0 Å². The first-order valence-electron chi connectivity index (χ1n) is 14.4. The molecule has 0 amide bonds. The molecule has 0 unspecified atom stereocenters. The third kappa shape index (κ3) is 8.36. The fourth-order valence-corrected chi connectivity index (χ4v) is 4.83. The number of rotatable bonds is 5. The topological polar surface area (TPSA) is 80.9 Å². The molecule has 4 aromatic heterocycles. The van der Waals surface area contributed by atoms with Gasteiger partial charge in [-0.3, -0.25) is 17.6 Å². The van der Waals surface area contributed by atoms with E-state index in [0.717, 1.165) is 59.0 Å². The van der Waals surface area contributed by atoms with E-state index in [1.807, 2.05) is 18.2 Å². The Labute approximate surface area is 287 Å². The second-order valence-electron chi connectivity index (χ2n) is 10.1. The largest absolute Gasteiger partial charge is 0.477 e. The number of aromatic nitrogens is 4. The standard InChI is InChI=1S/C15H14N2O2.2C11H6F2N.Ir/c1-2-7-17-13-6-4-3-5-10(13)11-8-12(15(18)19)16-9-14(11)17;2*12-8-4-5-9(10(13)7-8)11-3-1-2-6-14-11;/h3-6,8-9H,2,7H2,1H3,(H,18,19);2*1-4,6-7H;/q;2*-1;. The van der Waals surface area contributed by atoms with Crippen LogP contribution in [-0.4, -0.2) is 30.6 Å². The van der Waals surface area contributed by atoms with Gasteiger partial charge in [-0.1, -0.05) is 72.6 Å². The van der Waals surface area contributed by atoms with E-state index in [9.17, 15) is 22.4 Å². The Hall–Kier alpha value is -5.25. The predicted octanol–water partition coefficient (Wildman–Crippen LogP) is 8.95. The molecule has 0 fully saturated rings. The summed E-state index contributed by atoms with van der Waals surface area (Å²) in [5.41, 5.74) is 3.48. The molecule has 1 N–H and O–H groups in total. The zero-order chi connectivity index (χ0) is 33.3. The molecule has 6 nitrogen and oxygen atoms in total. The van der Waals surface area contributed by atoms with Crippen LogP contribution in [0.3, 0.4) is 0 Å². The van der Waals surface area contributed by atoms with Gasteiger partial charge in [-0.15, -0.1) is 24.3 Å². The van der Waals surface area contributed by atoms with E-state index in [-0.39, 0.29) is 36.9 Å². The summed E-state index contributed by atoms with van der Waals surface area (Å²) in [4.78, 5) is 23.0. The number of aromatic carboxylic acids is 1. The maximum absolute atomic E-state index is 13.2. The minimum Gasteiger partial charge on any atom is -0.477 e. The molecule has 7 rings (SSSR count). The number of pyridine rings is 3. The molecule has 3 aromatic carbocycles. The van der Waals surface area contributed by atoms with Crippen molar-refractivity contribution in [1.82, 2.24) is 19.5 Å². The van der Waals surface area contributed by atoms with Gasteiger partial charge in [-0.25, -0.2) is 9.78 Å². The first kappa shape index (κ1) is 35.6. The van der Waals surface area contributed by atoms with Crippen LogP contribution >= 0.6 is 0 Å². The maximum atomic E-state index is 13.2. The maximum Gasteiger partial charge on any atom is 0.354 e. The van der Waals surface area contributed by atoms with E-state index in [2.05, 4.69) is 44.6 Å². The van der Waals surface area contributed by atoms with Crippen molar-refractivity contribution in [3.63, 3.8) is 0 Å². The first-order valence-corrected chi connectivity index (χ1v) is 14.4. The van der Waals surface area contributed by atoms with Gasteiger partial charge in [0.25, 0.3) is 0 Å². The van der Waals surface area contributed by atoms with Crippen molar-refractivity contribution < 1.29 is 47.6 Å². The second kappa shape index (κ2) is 16.5. The molecule has 1 radical (unpaired) electrons. The zero-order valence-corrected chi connectivity index (χ0v) is 27.7. The molecule has 4 heterocycles. The molecule has 0 aliphatic heterocycles. The van der Waals surface area contributed by atoms with Crippen LogP contribution in [0.25, 0.3) is 44.3 Å². The summed E-state index contributed by atoms with van der Waals surface area (Å²) >= 11 is 0. The van der Waals surface area contributed by atoms with Crippen LogP contribution in [0.2, 0.25) is 0 Å².